The lowest BCUT2D eigenvalue weighted by Crippen LogP contribution is -2.04. The fourth-order valence-corrected chi connectivity index (χ4v) is 3.99. The number of aliphatic carboxylic acids is 1. The highest BCUT2D eigenvalue weighted by Gasteiger charge is 2.17. The number of nitrogens with zero attached hydrogens (tertiary/aromatic N) is 2. The molecule has 0 saturated carbocycles. The quantitative estimate of drug-likeness (QED) is 0.243. The Kier molecular flexibility index (Phi) is 7.12. The second kappa shape index (κ2) is 11.0. The van der Waals surface area contributed by atoms with Gasteiger partial charge in [0, 0.05) is 17.5 Å². The molecule has 186 valence electrons. The molecule has 0 fully saturated rings. The van der Waals surface area contributed by atoms with Crippen LogP contribution in [0.4, 0.5) is 0 Å². The number of hydrogen-bond donors (Lipinski definition) is 1. The molecule has 0 atom stereocenters. The van der Waals surface area contributed by atoms with Gasteiger partial charge in [0.1, 0.15) is 29.6 Å². The maximum Gasteiger partial charge on any atom is 0.309 e. The van der Waals surface area contributed by atoms with Crippen molar-refractivity contribution < 1.29 is 23.5 Å². The second-order valence-corrected chi connectivity index (χ2v) is 8.65. The number of ether oxygens (including phenoxy) is 1. The van der Waals surface area contributed by atoms with E-state index < -0.39 is 5.97 Å². The predicted molar refractivity (Wildman–Crippen MR) is 138 cm³/mol. The van der Waals surface area contributed by atoms with Crippen molar-refractivity contribution in [2.75, 3.05) is 0 Å². The summed E-state index contributed by atoms with van der Waals surface area (Å²) in [6, 6.07) is 27.1. The van der Waals surface area contributed by atoms with E-state index in [-0.39, 0.29) is 6.42 Å². The summed E-state index contributed by atoms with van der Waals surface area (Å²) < 4.78 is 17.7. The summed E-state index contributed by atoms with van der Waals surface area (Å²) in [4.78, 5) is 20.4. The molecule has 0 unspecified atom stereocenters. The van der Waals surface area contributed by atoms with E-state index in [0.29, 0.717) is 42.7 Å². The summed E-state index contributed by atoms with van der Waals surface area (Å²) in [5.74, 6) is 2.14. The zero-order valence-electron chi connectivity index (χ0n) is 20.4. The number of aryl methyl sites for hydroxylation is 3. The molecule has 7 nitrogen and oxygen atoms in total. The van der Waals surface area contributed by atoms with Gasteiger partial charge in [-0.25, -0.2) is 9.97 Å². The van der Waals surface area contributed by atoms with Gasteiger partial charge in [0.05, 0.1) is 12.1 Å². The van der Waals surface area contributed by atoms with Crippen molar-refractivity contribution in [2.45, 2.75) is 32.8 Å². The van der Waals surface area contributed by atoms with Crippen molar-refractivity contribution in [3.8, 4) is 28.7 Å². The zero-order chi connectivity index (χ0) is 25.6. The minimum atomic E-state index is -0.936. The Labute approximate surface area is 214 Å². The monoisotopic (exact) mass is 494 g/mol. The van der Waals surface area contributed by atoms with Crippen molar-refractivity contribution in [1.82, 2.24) is 9.97 Å². The Balaban J connectivity index is 1.21. The second-order valence-electron chi connectivity index (χ2n) is 8.65. The third kappa shape index (κ3) is 5.95. The third-order valence-corrected chi connectivity index (χ3v) is 5.97. The number of aromatic nitrogens is 2. The Hall–Kier alpha value is -4.65. The number of hydrogen-bond acceptors (Lipinski definition) is 6. The highest BCUT2D eigenvalue weighted by molar-refractivity contribution is 5.70. The van der Waals surface area contributed by atoms with Crippen LogP contribution in [0.15, 0.2) is 93.8 Å². The Morgan fingerprint density at radius 3 is 2.00 bits per heavy atom. The number of rotatable bonds is 10. The van der Waals surface area contributed by atoms with Crippen molar-refractivity contribution in [3.05, 3.63) is 113 Å². The van der Waals surface area contributed by atoms with Crippen molar-refractivity contribution in [1.29, 1.82) is 0 Å². The minimum Gasteiger partial charge on any atom is -0.487 e. The van der Waals surface area contributed by atoms with Crippen LogP contribution in [0.3, 0.4) is 0 Å². The first-order valence-electron chi connectivity index (χ1n) is 12.0. The first-order valence-corrected chi connectivity index (χ1v) is 12.0. The molecule has 0 aliphatic heterocycles. The van der Waals surface area contributed by atoms with Crippen LogP contribution in [-0.4, -0.2) is 21.0 Å². The molecule has 3 aromatic carbocycles. The molecule has 0 aliphatic carbocycles. The first-order chi connectivity index (χ1) is 18.0. The molecule has 37 heavy (non-hydrogen) atoms. The average Bonchev–Trinajstić information content (AvgIpc) is 3.50. The molecule has 1 N–H and O–H groups in total. The maximum absolute atomic E-state index is 11.3. The van der Waals surface area contributed by atoms with Crippen LogP contribution in [0.1, 0.15) is 28.5 Å². The highest BCUT2D eigenvalue weighted by atomic mass is 16.5. The van der Waals surface area contributed by atoms with Crippen molar-refractivity contribution >= 4 is 5.97 Å². The van der Waals surface area contributed by atoms with E-state index in [1.807, 2.05) is 91.9 Å². The highest BCUT2D eigenvalue weighted by Crippen LogP contribution is 2.25. The van der Waals surface area contributed by atoms with E-state index in [9.17, 15) is 9.90 Å². The lowest BCUT2D eigenvalue weighted by Gasteiger charge is -2.06. The summed E-state index contributed by atoms with van der Waals surface area (Å²) in [5.41, 5.74) is 4.04. The summed E-state index contributed by atoms with van der Waals surface area (Å²) in [6.07, 6.45) is 1.05. The summed E-state index contributed by atoms with van der Waals surface area (Å²) in [6.45, 7) is 2.19. The molecular formula is C30H26N2O5. The fourth-order valence-electron chi connectivity index (χ4n) is 3.99. The van der Waals surface area contributed by atoms with Gasteiger partial charge in [-0.05, 0) is 55.3 Å². The lowest BCUT2D eigenvalue weighted by molar-refractivity contribution is -0.136. The number of carboxylic acids is 1. The maximum atomic E-state index is 11.3. The van der Waals surface area contributed by atoms with E-state index in [1.165, 1.54) is 0 Å². The van der Waals surface area contributed by atoms with Crippen LogP contribution in [-0.2, 0) is 30.7 Å². The van der Waals surface area contributed by atoms with Gasteiger partial charge in [-0.15, -0.1) is 0 Å². The largest absolute Gasteiger partial charge is 0.487 e. The molecule has 0 radical (unpaired) electrons. The van der Waals surface area contributed by atoms with E-state index in [2.05, 4.69) is 9.97 Å². The number of carbonyl (C=O) groups is 1. The number of oxazole rings is 2. The molecule has 0 amide bonds. The first kappa shape index (κ1) is 24.1. The van der Waals surface area contributed by atoms with Gasteiger partial charge < -0.3 is 18.7 Å². The van der Waals surface area contributed by atoms with Crippen LogP contribution < -0.4 is 4.74 Å². The zero-order valence-corrected chi connectivity index (χ0v) is 20.4. The van der Waals surface area contributed by atoms with E-state index in [0.717, 1.165) is 33.9 Å². The predicted octanol–water partition coefficient (Wildman–Crippen LogP) is 6.30. The Morgan fingerprint density at radius 2 is 1.38 bits per heavy atom. The summed E-state index contributed by atoms with van der Waals surface area (Å²) >= 11 is 0. The molecule has 2 heterocycles. The van der Waals surface area contributed by atoms with Crippen LogP contribution in [0.5, 0.6) is 5.75 Å². The molecule has 2 aromatic heterocycles. The van der Waals surface area contributed by atoms with Crippen LogP contribution in [0.2, 0.25) is 0 Å². The molecule has 5 rings (SSSR count). The molecule has 0 aliphatic rings. The molecule has 5 aromatic rings. The molecule has 0 spiro atoms. The van der Waals surface area contributed by atoms with Crippen LogP contribution in [0.25, 0.3) is 22.9 Å². The number of benzene rings is 3. The van der Waals surface area contributed by atoms with E-state index in [1.54, 1.807) is 0 Å². The topological polar surface area (TPSA) is 98.6 Å². The van der Waals surface area contributed by atoms with Crippen LogP contribution in [0, 0.1) is 6.92 Å². The smallest absolute Gasteiger partial charge is 0.309 e. The van der Waals surface area contributed by atoms with Gasteiger partial charge in [-0.1, -0.05) is 48.5 Å². The Bertz CT molecular complexity index is 1470. The van der Waals surface area contributed by atoms with E-state index >= 15 is 0 Å². The molecule has 0 bridgehead atoms. The third-order valence-electron chi connectivity index (χ3n) is 5.97. The lowest BCUT2D eigenvalue weighted by atomic mass is 10.1. The van der Waals surface area contributed by atoms with Crippen molar-refractivity contribution in [3.63, 3.8) is 0 Å². The van der Waals surface area contributed by atoms with Gasteiger partial charge in [0.2, 0.25) is 11.8 Å². The fraction of sp³-hybridized carbons (Fsp3) is 0.167. The van der Waals surface area contributed by atoms with E-state index in [4.69, 9.17) is 13.6 Å². The summed E-state index contributed by atoms with van der Waals surface area (Å²) in [5, 5.41) is 9.29. The van der Waals surface area contributed by atoms with Crippen molar-refractivity contribution in [2.24, 2.45) is 0 Å². The molecule has 0 saturated heterocycles. The van der Waals surface area contributed by atoms with Gasteiger partial charge in [0.15, 0.2) is 0 Å². The minimum absolute atomic E-state index is 0.175. The number of carboxylic acid groups (broad SMARTS) is 1. The summed E-state index contributed by atoms with van der Waals surface area (Å²) in [7, 11) is 0. The van der Waals surface area contributed by atoms with Gasteiger partial charge in [-0.3, -0.25) is 4.79 Å². The average molecular weight is 495 g/mol. The Morgan fingerprint density at radius 1 is 0.784 bits per heavy atom. The normalized spacial score (nSPS) is 10.9. The van der Waals surface area contributed by atoms with Gasteiger partial charge in [0.25, 0.3) is 0 Å². The van der Waals surface area contributed by atoms with Gasteiger partial charge in [-0.2, -0.15) is 0 Å². The van der Waals surface area contributed by atoms with Crippen LogP contribution >= 0.6 is 0 Å². The standard InChI is InChI=1S/C30H26N2O5/c1-20-26(32-29(36-20)22-8-4-2-5-9-22)19-35-24-15-12-21(13-16-24)14-17-27-25(18-28(33)34)31-30(37-27)23-10-6-3-7-11-23/h2-13,15-16H,14,17-19H2,1H3,(H,33,34). The SMILES string of the molecule is Cc1oc(-c2ccccc2)nc1COc1ccc(CCc2oc(-c3ccccc3)nc2CC(=O)O)cc1. The molecular weight excluding hydrogens is 468 g/mol. The van der Waals surface area contributed by atoms with Gasteiger partial charge >= 0.3 is 5.97 Å². The molecule has 7 heteroatoms.